The molecule has 1 aliphatic heterocycles. The number of benzene rings is 1. The van der Waals surface area contributed by atoms with E-state index in [1.165, 1.54) is 0 Å². The van der Waals surface area contributed by atoms with Crippen molar-refractivity contribution < 1.29 is 23.1 Å². The molecule has 4 aliphatic rings. The van der Waals surface area contributed by atoms with Crippen LogP contribution in [0, 0.1) is 22.9 Å². The highest BCUT2D eigenvalue weighted by Gasteiger charge is 2.50. The molecule has 0 unspecified atom stereocenters. The van der Waals surface area contributed by atoms with Gasteiger partial charge in [0.15, 0.2) is 17.4 Å². The molecular weight excluding hydrogens is 529 g/mol. The van der Waals surface area contributed by atoms with Crippen LogP contribution in [0.15, 0.2) is 23.7 Å². The Bertz CT molecular complexity index is 1390. The van der Waals surface area contributed by atoms with E-state index in [4.69, 9.17) is 9.97 Å². The van der Waals surface area contributed by atoms with Crippen LogP contribution in [-0.4, -0.2) is 58.7 Å². The first kappa shape index (κ1) is 26.0. The summed E-state index contributed by atoms with van der Waals surface area (Å²) in [6.07, 6.45) is 7.12. The van der Waals surface area contributed by atoms with E-state index in [1.807, 2.05) is 6.07 Å². The summed E-state index contributed by atoms with van der Waals surface area (Å²) in [7, 11) is 0. The first-order valence-corrected chi connectivity index (χ1v) is 14.1. The Morgan fingerprint density at radius 1 is 1.08 bits per heavy atom. The van der Waals surface area contributed by atoms with Crippen LogP contribution in [0.3, 0.4) is 0 Å². The number of phenolic OH excluding ortho intramolecular Hbond substituents is 1. The van der Waals surface area contributed by atoms with E-state index in [0.717, 1.165) is 87.0 Å². The number of thiazole rings is 1. The lowest BCUT2D eigenvalue weighted by molar-refractivity contribution is 0.0369. The summed E-state index contributed by atoms with van der Waals surface area (Å²) >= 11 is 1.59. The van der Waals surface area contributed by atoms with Gasteiger partial charge in [0.25, 0.3) is 5.91 Å². The molecule has 3 aliphatic carbocycles. The van der Waals surface area contributed by atoms with E-state index >= 15 is 0 Å². The normalized spacial score (nSPS) is 24.6. The van der Waals surface area contributed by atoms with Crippen molar-refractivity contribution in [2.24, 2.45) is 5.41 Å². The molecule has 2 bridgehead atoms. The fourth-order valence-electron chi connectivity index (χ4n) is 6.15. The average Bonchev–Trinajstić information content (AvgIpc) is 3.50. The molecule has 1 amide bonds. The van der Waals surface area contributed by atoms with Gasteiger partial charge in [-0.3, -0.25) is 4.79 Å². The van der Waals surface area contributed by atoms with Crippen LogP contribution in [0.1, 0.15) is 54.6 Å². The Kier molecular flexibility index (Phi) is 6.70. The van der Waals surface area contributed by atoms with Crippen molar-refractivity contribution in [3.63, 3.8) is 0 Å². The van der Waals surface area contributed by atoms with Crippen molar-refractivity contribution in [1.82, 2.24) is 25.6 Å². The molecular formula is C27H29F3N6O2S. The van der Waals surface area contributed by atoms with Gasteiger partial charge in [-0.1, -0.05) is 0 Å². The molecule has 12 heteroatoms. The minimum atomic E-state index is -1.76. The van der Waals surface area contributed by atoms with E-state index in [1.54, 1.807) is 17.5 Å². The van der Waals surface area contributed by atoms with Crippen LogP contribution >= 0.6 is 11.3 Å². The summed E-state index contributed by atoms with van der Waals surface area (Å²) in [5.74, 6) is -6.29. The van der Waals surface area contributed by atoms with Gasteiger partial charge in [0.1, 0.15) is 10.7 Å². The van der Waals surface area contributed by atoms with Gasteiger partial charge in [-0.05, 0) is 56.1 Å². The predicted octanol–water partition coefficient (Wildman–Crippen LogP) is 4.15. The van der Waals surface area contributed by atoms with Gasteiger partial charge in [0.2, 0.25) is 11.8 Å². The van der Waals surface area contributed by atoms with Crippen molar-refractivity contribution in [3.8, 4) is 16.5 Å². The molecule has 3 heterocycles. The average molecular weight is 559 g/mol. The van der Waals surface area contributed by atoms with Crippen LogP contribution in [0.2, 0.25) is 0 Å². The zero-order chi connectivity index (χ0) is 27.2. The van der Waals surface area contributed by atoms with Crippen molar-refractivity contribution in [2.45, 2.75) is 43.9 Å². The molecule has 0 spiro atoms. The van der Waals surface area contributed by atoms with Crippen molar-refractivity contribution in [2.75, 3.05) is 37.6 Å². The monoisotopic (exact) mass is 558 g/mol. The van der Waals surface area contributed by atoms with E-state index in [-0.39, 0.29) is 10.8 Å². The Morgan fingerprint density at radius 3 is 2.51 bits per heavy atom. The van der Waals surface area contributed by atoms with Gasteiger partial charge in [0.05, 0.1) is 11.3 Å². The van der Waals surface area contributed by atoms with Gasteiger partial charge in [0, 0.05) is 49.7 Å². The number of aromatic hydroxyl groups is 1. The molecule has 1 saturated heterocycles. The number of fused-ring (bicyclic) bond motifs is 3. The van der Waals surface area contributed by atoms with Gasteiger partial charge in [-0.15, -0.1) is 11.3 Å². The van der Waals surface area contributed by atoms with E-state index in [0.29, 0.717) is 12.6 Å². The van der Waals surface area contributed by atoms with Crippen LogP contribution in [-0.2, 0) is 5.41 Å². The fraction of sp³-hybridized carbons (Fsp3) is 0.481. The number of hydrogen-bond acceptors (Lipinski definition) is 8. The summed E-state index contributed by atoms with van der Waals surface area (Å²) in [5.41, 5.74) is 0.985. The van der Waals surface area contributed by atoms with Gasteiger partial charge in [-0.25, -0.2) is 23.7 Å². The third kappa shape index (κ3) is 4.73. The Hall–Kier alpha value is -3.25. The van der Waals surface area contributed by atoms with E-state index in [2.05, 4.69) is 25.9 Å². The Morgan fingerprint density at radius 2 is 1.79 bits per heavy atom. The number of amides is 1. The summed E-state index contributed by atoms with van der Waals surface area (Å²) in [4.78, 5) is 29.0. The van der Waals surface area contributed by atoms with Crippen molar-refractivity contribution in [3.05, 3.63) is 52.4 Å². The van der Waals surface area contributed by atoms with Crippen LogP contribution in [0.25, 0.3) is 10.7 Å². The standard InChI is InChI=1S/C27H29F3N6O2S/c28-17-13-16(20(29)21(30)22(17)37)23(38)33-15-26-2-5-27(6-3-26,7-4-26)19-14-39-24(35-19)18-1-8-32-25(34-18)36-11-9-31-10-12-36/h1,8,13-14,31,37H,2-7,9-12,15H2,(H,33,38)/t26-,27+. The number of nitrogens with zero attached hydrogens (tertiary/aromatic N) is 4. The van der Waals surface area contributed by atoms with Crippen molar-refractivity contribution >= 4 is 23.2 Å². The lowest BCUT2D eigenvalue weighted by atomic mass is 9.53. The zero-order valence-electron chi connectivity index (χ0n) is 21.3. The molecule has 4 fully saturated rings. The number of halogens is 3. The number of rotatable bonds is 6. The lowest BCUT2D eigenvalue weighted by Crippen LogP contribution is -2.49. The topological polar surface area (TPSA) is 103 Å². The summed E-state index contributed by atoms with van der Waals surface area (Å²) in [6.45, 7) is 3.86. The number of anilines is 1. The number of piperazine rings is 1. The van der Waals surface area contributed by atoms with Gasteiger partial charge in [-0.2, -0.15) is 4.39 Å². The largest absolute Gasteiger partial charge is 0.503 e. The quantitative estimate of drug-likeness (QED) is 0.391. The van der Waals surface area contributed by atoms with Crippen LogP contribution in [0.5, 0.6) is 5.75 Å². The molecule has 206 valence electrons. The molecule has 3 N–H and O–H groups in total. The maximum atomic E-state index is 14.1. The second kappa shape index (κ2) is 10.1. The number of aromatic nitrogens is 3. The minimum Gasteiger partial charge on any atom is -0.503 e. The first-order valence-electron chi connectivity index (χ1n) is 13.2. The number of nitrogens with one attached hydrogen (secondary N) is 2. The Labute approximate surface area is 227 Å². The first-order chi connectivity index (χ1) is 18.8. The van der Waals surface area contributed by atoms with Crippen LogP contribution in [0.4, 0.5) is 19.1 Å². The summed E-state index contributed by atoms with van der Waals surface area (Å²) in [5, 5.41) is 18.3. The predicted molar refractivity (Wildman–Crippen MR) is 140 cm³/mol. The highest BCUT2D eigenvalue weighted by atomic mass is 32.1. The SMILES string of the molecule is O=C(NC[C@]12CC[C@](c3csc(-c4ccnc(N5CCNCC5)n4)n3)(CC1)CC2)c1cc(F)c(O)c(F)c1F. The molecule has 0 atom stereocenters. The maximum absolute atomic E-state index is 14.1. The number of phenols is 1. The lowest BCUT2D eigenvalue weighted by Gasteiger charge is -2.53. The van der Waals surface area contributed by atoms with Gasteiger partial charge < -0.3 is 20.6 Å². The third-order valence-corrected chi connectivity index (χ3v) is 9.58. The van der Waals surface area contributed by atoms with E-state index in [9.17, 15) is 23.1 Å². The molecule has 39 heavy (non-hydrogen) atoms. The highest BCUT2D eigenvalue weighted by molar-refractivity contribution is 7.13. The number of carbonyl (C=O) groups excluding carboxylic acids is 1. The molecule has 1 aromatic carbocycles. The van der Waals surface area contributed by atoms with E-state index < -0.39 is 34.7 Å². The smallest absolute Gasteiger partial charge is 0.254 e. The zero-order valence-corrected chi connectivity index (χ0v) is 22.1. The van der Waals surface area contributed by atoms with Gasteiger partial charge >= 0.3 is 0 Å². The molecule has 7 rings (SSSR count). The summed E-state index contributed by atoms with van der Waals surface area (Å²) < 4.78 is 41.5. The number of carbonyl (C=O) groups is 1. The Balaban J connectivity index is 1.11. The fourth-order valence-corrected chi connectivity index (χ4v) is 7.06. The summed E-state index contributed by atoms with van der Waals surface area (Å²) in [6, 6.07) is 2.42. The molecule has 3 aromatic rings. The maximum Gasteiger partial charge on any atom is 0.254 e. The van der Waals surface area contributed by atoms with Crippen molar-refractivity contribution in [1.29, 1.82) is 0 Å². The number of hydrogen-bond donors (Lipinski definition) is 3. The highest BCUT2D eigenvalue weighted by Crippen LogP contribution is 2.57. The minimum absolute atomic E-state index is 0.0236. The third-order valence-electron chi connectivity index (χ3n) is 8.71. The second-order valence-electron chi connectivity index (χ2n) is 10.9. The molecule has 0 radical (unpaired) electrons. The second-order valence-corrected chi connectivity index (χ2v) is 11.7. The molecule has 8 nitrogen and oxygen atoms in total. The van der Waals surface area contributed by atoms with Crippen LogP contribution < -0.4 is 15.5 Å². The molecule has 3 saturated carbocycles. The molecule has 2 aromatic heterocycles.